The van der Waals surface area contributed by atoms with E-state index in [1.54, 1.807) is 24.3 Å². The van der Waals surface area contributed by atoms with Gasteiger partial charge in [-0.2, -0.15) is 0 Å². The number of imide groups is 1. The van der Waals surface area contributed by atoms with E-state index in [4.69, 9.17) is 0 Å². The van der Waals surface area contributed by atoms with Gasteiger partial charge in [0.05, 0.1) is 17.5 Å². The van der Waals surface area contributed by atoms with Crippen LogP contribution in [0.2, 0.25) is 0 Å². The highest BCUT2D eigenvalue weighted by atomic mass is 32.2. The molecule has 9 heteroatoms. The zero-order valence-electron chi connectivity index (χ0n) is 17.0. The maximum atomic E-state index is 13.3. The lowest BCUT2D eigenvalue weighted by Gasteiger charge is -2.34. The fourth-order valence-corrected chi connectivity index (χ4v) is 6.45. The first-order chi connectivity index (χ1) is 14.2. The molecular weight excluding hydrogens is 406 g/mol. The largest absolute Gasteiger partial charge is 0.325 e. The second-order valence-electron chi connectivity index (χ2n) is 8.74. The van der Waals surface area contributed by atoms with Crippen LogP contribution in [-0.2, 0) is 19.4 Å². The summed E-state index contributed by atoms with van der Waals surface area (Å²) < 4.78 is 24.0. The third kappa shape index (κ3) is 3.82. The molecule has 30 heavy (non-hydrogen) atoms. The van der Waals surface area contributed by atoms with Gasteiger partial charge in [0.15, 0.2) is 9.84 Å². The highest BCUT2D eigenvalue weighted by Crippen LogP contribution is 2.36. The molecule has 1 aromatic carbocycles. The highest BCUT2D eigenvalue weighted by Gasteiger charge is 2.52. The summed E-state index contributed by atoms with van der Waals surface area (Å²) in [7, 11) is -3.21. The molecule has 4 rings (SSSR count). The lowest BCUT2D eigenvalue weighted by molar-refractivity contribution is -0.135. The third-order valence-electron chi connectivity index (χ3n) is 6.54. The highest BCUT2D eigenvalue weighted by molar-refractivity contribution is 7.91. The molecule has 1 saturated carbocycles. The summed E-state index contributed by atoms with van der Waals surface area (Å²) in [5.41, 5.74) is -0.337. The molecule has 162 valence electrons. The molecule has 0 bridgehead atoms. The number of benzene rings is 1. The molecule has 1 atom stereocenters. The van der Waals surface area contributed by atoms with Gasteiger partial charge in [-0.1, -0.05) is 25.1 Å². The normalized spacial score (nSPS) is 30.5. The average Bonchev–Trinajstić information content (AvgIpc) is 3.17. The van der Waals surface area contributed by atoms with Crippen molar-refractivity contribution in [1.29, 1.82) is 0 Å². The zero-order chi connectivity index (χ0) is 21.5. The second-order valence-corrected chi connectivity index (χ2v) is 11.0. The van der Waals surface area contributed by atoms with Crippen LogP contribution in [0.15, 0.2) is 30.3 Å². The summed E-state index contributed by atoms with van der Waals surface area (Å²) in [5, 5.41) is 2.83. The van der Waals surface area contributed by atoms with E-state index >= 15 is 0 Å². The minimum Gasteiger partial charge on any atom is -0.323 e. The Hall–Kier alpha value is -2.42. The maximum Gasteiger partial charge on any atom is 0.325 e. The fraction of sp³-hybridized carbons (Fsp3) is 0.571. The zero-order valence-corrected chi connectivity index (χ0v) is 17.9. The number of carbonyl (C=O) groups excluding carboxylic acids is 3. The number of sulfone groups is 1. The molecule has 3 aliphatic rings. The predicted molar refractivity (Wildman–Crippen MR) is 112 cm³/mol. The molecule has 8 nitrogen and oxygen atoms in total. The molecule has 1 spiro atoms. The van der Waals surface area contributed by atoms with E-state index in [1.165, 1.54) is 4.90 Å². The van der Waals surface area contributed by atoms with Gasteiger partial charge in [0.25, 0.3) is 5.91 Å². The minimum absolute atomic E-state index is 0.0265. The number of urea groups is 1. The molecule has 1 aromatic rings. The van der Waals surface area contributed by atoms with Gasteiger partial charge in [-0.05, 0) is 50.2 Å². The minimum atomic E-state index is -3.21. The van der Waals surface area contributed by atoms with E-state index in [0.29, 0.717) is 30.9 Å². The Labute approximate surface area is 176 Å². The Balaban J connectivity index is 1.55. The van der Waals surface area contributed by atoms with Gasteiger partial charge in [0, 0.05) is 5.69 Å². The van der Waals surface area contributed by atoms with Crippen molar-refractivity contribution >= 4 is 33.4 Å². The summed E-state index contributed by atoms with van der Waals surface area (Å²) >= 11 is 0. The van der Waals surface area contributed by atoms with Crippen molar-refractivity contribution in [1.82, 2.24) is 10.2 Å². The topological polar surface area (TPSA) is 104 Å². The van der Waals surface area contributed by atoms with E-state index < -0.39 is 39.9 Å². The van der Waals surface area contributed by atoms with Gasteiger partial charge in [0.1, 0.15) is 12.1 Å². The van der Waals surface area contributed by atoms with Crippen molar-refractivity contribution in [2.45, 2.75) is 50.6 Å². The van der Waals surface area contributed by atoms with Crippen molar-refractivity contribution < 1.29 is 22.8 Å². The predicted octanol–water partition coefficient (Wildman–Crippen LogP) is 1.71. The van der Waals surface area contributed by atoms with E-state index in [1.807, 2.05) is 6.07 Å². The molecule has 2 aliphatic heterocycles. The van der Waals surface area contributed by atoms with E-state index in [0.717, 1.165) is 17.7 Å². The fourth-order valence-electron chi connectivity index (χ4n) is 4.75. The standard InChI is InChI=1S/C21H27N3O5S/c1-15-7-10-21(11-8-15)19(26)23(20(27)22-21)13-18(25)24(16-5-3-2-4-6-16)17-9-12-30(28,29)14-17/h2-6,15,17H,7-14H2,1H3,(H,22,27). The van der Waals surface area contributed by atoms with E-state index in [9.17, 15) is 22.8 Å². The molecule has 2 heterocycles. The number of nitrogens with zero attached hydrogens (tertiary/aromatic N) is 2. The first-order valence-electron chi connectivity index (χ1n) is 10.4. The monoisotopic (exact) mass is 433 g/mol. The van der Waals surface area contributed by atoms with Crippen LogP contribution in [0.25, 0.3) is 0 Å². The van der Waals surface area contributed by atoms with E-state index in [-0.39, 0.29) is 17.4 Å². The molecule has 3 fully saturated rings. The van der Waals surface area contributed by atoms with Gasteiger partial charge in [0.2, 0.25) is 5.91 Å². The number of carbonyl (C=O) groups is 3. The SMILES string of the molecule is CC1CCC2(CC1)NC(=O)N(CC(=O)N(c1ccccc1)C1CCS(=O)(=O)C1)C2=O. The molecule has 1 aliphatic carbocycles. The summed E-state index contributed by atoms with van der Waals surface area (Å²) in [6, 6.07) is 7.76. The van der Waals surface area contributed by atoms with Crippen LogP contribution in [0, 0.1) is 5.92 Å². The van der Waals surface area contributed by atoms with Crippen LogP contribution in [0.4, 0.5) is 10.5 Å². The molecule has 0 radical (unpaired) electrons. The summed E-state index contributed by atoms with van der Waals surface area (Å²) in [5.74, 6) is -0.379. The number of rotatable bonds is 4. The number of para-hydroxylation sites is 1. The van der Waals surface area contributed by atoms with Crippen LogP contribution in [-0.4, -0.2) is 60.8 Å². The van der Waals surface area contributed by atoms with Crippen molar-refractivity contribution in [2.75, 3.05) is 23.0 Å². The molecule has 4 amide bonds. The molecule has 1 N–H and O–H groups in total. The maximum absolute atomic E-state index is 13.3. The first-order valence-corrected chi connectivity index (χ1v) is 12.2. The van der Waals surface area contributed by atoms with Crippen LogP contribution in [0.1, 0.15) is 39.0 Å². The molecule has 2 saturated heterocycles. The number of hydrogen-bond donors (Lipinski definition) is 1. The Morgan fingerprint density at radius 2 is 1.83 bits per heavy atom. The van der Waals surface area contributed by atoms with Gasteiger partial charge < -0.3 is 10.2 Å². The number of hydrogen-bond acceptors (Lipinski definition) is 5. The molecular formula is C21H27N3O5S. The quantitative estimate of drug-likeness (QED) is 0.728. The summed E-state index contributed by atoms with van der Waals surface area (Å²) in [6.07, 6.45) is 3.19. The van der Waals surface area contributed by atoms with Gasteiger partial charge in [-0.3, -0.25) is 14.5 Å². The van der Waals surface area contributed by atoms with Crippen molar-refractivity contribution in [3.8, 4) is 0 Å². The number of amides is 4. The lowest BCUT2D eigenvalue weighted by atomic mass is 9.77. The summed E-state index contributed by atoms with van der Waals surface area (Å²) in [6.45, 7) is 1.73. The van der Waals surface area contributed by atoms with Crippen LogP contribution in [0.3, 0.4) is 0 Å². The third-order valence-corrected chi connectivity index (χ3v) is 8.29. The van der Waals surface area contributed by atoms with Crippen LogP contribution < -0.4 is 10.2 Å². The van der Waals surface area contributed by atoms with Crippen LogP contribution in [0.5, 0.6) is 0 Å². The molecule has 0 aromatic heterocycles. The van der Waals surface area contributed by atoms with Gasteiger partial charge in [-0.15, -0.1) is 0 Å². The van der Waals surface area contributed by atoms with Gasteiger partial charge >= 0.3 is 6.03 Å². The van der Waals surface area contributed by atoms with Crippen molar-refractivity contribution in [3.63, 3.8) is 0 Å². The van der Waals surface area contributed by atoms with Crippen molar-refractivity contribution in [2.24, 2.45) is 5.92 Å². The van der Waals surface area contributed by atoms with Gasteiger partial charge in [-0.25, -0.2) is 13.2 Å². The molecule has 1 unspecified atom stereocenters. The number of nitrogens with one attached hydrogen (secondary N) is 1. The average molecular weight is 434 g/mol. The smallest absolute Gasteiger partial charge is 0.323 e. The Morgan fingerprint density at radius 3 is 2.43 bits per heavy atom. The Morgan fingerprint density at radius 1 is 1.17 bits per heavy atom. The van der Waals surface area contributed by atoms with Crippen LogP contribution >= 0.6 is 0 Å². The van der Waals surface area contributed by atoms with Crippen molar-refractivity contribution in [3.05, 3.63) is 30.3 Å². The van der Waals surface area contributed by atoms with E-state index in [2.05, 4.69) is 12.2 Å². The number of anilines is 1. The lowest BCUT2D eigenvalue weighted by Crippen LogP contribution is -2.51. The Kier molecular flexibility index (Phi) is 5.34. The summed E-state index contributed by atoms with van der Waals surface area (Å²) in [4.78, 5) is 41.4. The Bertz CT molecular complexity index is 954. The first kappa shape index (κ1) is 20.8. The second kappa shape index (κ2) is 7.68.